The number of hydrogen-bond donors (Lipinski definition) is 1. The summed E-state index contributed by atoms with van der Waals surface area (Å²) in [5, 5.41) is 0. The Hall–Kier alpha value is -1.20. The van der Waals surface area contributed by atoms with E-state index in [1.54, 1.807) is 0 Å². The summed E-state index contributed by atoms with van der Waals surface area (Å²) in [6, 6.07) is 3.48. The second-order valence-corrected chi connectivity index (χ2v) is 4.93. The molecule has 1 aliphatic rings. The van der Waals surface area contributed by atoms with E-state index in [9.17, 15) is 13.6 Å². The van der Waals surface area contributed by atoms with Crippen molar-refractivity contribution in [2.75, 3.05) is 19.6 Å². The van der Waals surface area contributed by atoms with Crippen LogP contribution in [0.15, 0.2) is 18.2 Å². The average Bonchev–Trinajstić information content (AvgIpc) is 2.39. The van der Waals surface area contributed by atoms with E-state index >= 15 is 0 Å². The van der Waals surface area contributed by atoms with Crippen molar-refractivity contribution in [3.05, 3.63) is 35.4 Å². The molecule has 1 amide bonds. The minimum Gasteiger partial charge on any atom is -0.338 e. The number of carbonyl (C=O) groups is 1. The zero-order valence-corrected chi connectivity index (χ0v) is 12.0. The van der Waals surface area contributed by atoms with Gasteiger partial charge in [0.1, 0.15) is 17.2 Å². The molecule has 1 aliphatic heterocycles. The lowest BCUT2D eigenvalue weighted by atomic mass is 9.94. The second-order valence-electron chi connectivity index (χ2n) is 4.93. The largest absolute Gasteiger partial charge is 0.338 e. The van der Waals surface area contributed by atoms with E-state index in [0.29, 0.717) is 25.6 Å². The highest BCUT2D eigenvalue weighted by molar-refractivity contribution is 5.94. The molecule has 1 unspecified atom stereocenters. The van der Waals surface area contributed by atoms with E-state index < -0.39 is 23.1 Å². The fraction of sp³-hybridized carbons (Fsp3) is 0.500. The predicted molar refractivity (Wildman–Crippen MR) is 75.9 cm³/mol. The fourth-order valence-electron chi connectivity index (χ4n) is 2.58. The first-order valence-corrected chi connectivity index (χ1v) is 6.57. The molecule has 0 saturated carbocycles. The van der Waals surface area contributed by atoms with Crippen molar-refractivity contribution in [1.29, 1.82) is 0 Å². The van der Waals surface area contributed by atoms with Crippen molar-refractivity contribution in [2.45, 2.75) is 19.3 Å². The van der Waals surface area contributed by atoms with Gasteiger partial charge in [-0.15, -0.1) is 12.4 Å². The number of nitrogens with two attached hydrogens (primary N) is 1. The molecule has 0 aromatic heterocycles. The van der Waals surface area contributed by atoms with Crippen LogP contribution in [-0.2, 0) is 0 Å². The summed E-state index contributed by atoms with van der Waals surface area (Å²) in [7, 11) is 0. The molecule has 0 radical (unpaired) electrons. The molecule has 6 heteroatoms. The first-order chi connectivity index (χ1) is 9.13. The molecule has 0 bridgehead atoms. The van der Waals surface area contributed by atoms with Gasteiger partial charge >= 0.3 is 0 Å². The molecule has 3 nitrogen and oxygen atoms in total. The Morgan fingerprint density at radius 3 is 2.60 bits per heavy atom. The molecule has 1 aromatic carbocycles. The maximum absolute atomic E-state index is 13.6. The number of piperidine rings is 1. The smallest absolute Gasteiger partial charge is 0.259 e. The highest BCUT2D eigenvalue weighted by Crippen LogP contribution is 2.22. The third-order valence-electron chi connectivity index (χ3n) is 3.56. The number of carbonyl (C=O) groups excluding carboxylic acids is 1. The van der Waals surface area contributed by atoms with E-state index in [2.05, 4.69) is 0 Å². The molecule has 1 saturated heterocycles. The van der Waals surface area contributed by atoms with Gasteiger partial charge in [-0.05, 0) is 43.9 Å². The zero-order chi connectivity index (χ0) is 13.8. The van der Waals surface area contributed by atoms with E-state index in [1.165, 1.54) is 11.0 Å². The van der Waals surface area contributed by atoms with Crippen molar-refractivity contribution in [3.8, 4) is 0 Å². The average molecular weight is 305 g/mol. The first kappa shape index (κ1) is 16.9. The van der Waals surface area contributed by atoms with Gasteiger partial charge < -0.3 is 10.6 Å². The number of benzene rings is 1. The Labute approximate surface area is 123 Å². The third kappa shape index (κ3) is 3.67. The summed E-state index contributed by atoms with van der Waals surface area (Å²) >= 11 is 0. The van der Waals surface area contributed by atoms with E-state index in [4.69, 9.17) is 5.73 Å². The summed E-state index contributed by atoms with van der Waals surface area (Å²) in [6.45, 7) is 1.65. The highest BCUT2D eigenvalue weighted by Gasteiger charge is 2.27. The van der Waals surface area contributed by atoms with Gasteiger partial charge in [0.2, 0.25) is 0 Å². The number of nitrogens with zero attached hydrogens (tertiary/aromatic N) is 1. The Balaban J connectivity index is 0.00000200. The summed E-state index contributed by atoms with van der Waals surface area (Å²) in [6.07, 6.45) is 2.71. The lowest BCUT2D eigenvalue weighted by Gasteiger charge is -2.32. The highest BCUT2D eigenvalue weighted by atomic mass is 35.5. The van der Waals surface area contributed by atoms with Crippen LogP contribution in [0.4, 0.5) is 8.78 Å². The van der Waals surface area contributed by atoms with Crippen LogP contribution >= 0.6 is 12.4 Å². The second kappa shape index (κ2) is 7.55. The van der Waals surface area contributed by atoms with Crippen LogP contribution in [0.2, 0.25) is 0 Å². The molecule has 2 N–H and O–H groups in total. The molecule has 112 valence electrons. The van der Waals surface area contributed by atoms with Gasteiger partial charge in [0.25, 0.3) is 5.91 Å². The van der Waals surface area contributed by atoms with E-state index in [-0.39, 0.29) is 12.4 Å². The van der Waals surface area contributed by atoms with Gasteiger partial charge in [-0.2, -0.15) is 0 Å². The van der Waals surface area contributed by atoms with Gasteiger partial charge in [-0.25, -0.2) is 8.78 Å². The van der Waals surface area contributed by atoms with Gasteiger partial charge in [0, 0.05) is 13.1 Å². The van der Waals surface area contributed by atoms with Crippen molar-refractivity contribution < 1.29 is 13.6 Å². The van der Waals surface area contributed by atoms with Gasteiger partial charge in [0.15, 0.2) is 0 Å². The molecule has 20 heavy (non-hydrogen) atoms. The van der Waals surface area contributed by atoms with E-state index in [1.807, 2.05) is 0 Å². The maximum atomic E-state index is 13.6. The van der Waals surface area contributed by atoms with Crippen molar-refractivity contribution in [2.24, 2.45) is 11.7 Å². The molecular weight excluding hydrogens is 286 g/mol. The van der Waals surface area contributed by atoms with Crippen LogP contribution in [0.5, 0.6) is 0 Å². The lowest BCUT2D eigenvalue weighted by Crippen LogP contribution is -2.41. The number of amides is 1. The Morgan fingerprint density at radius 2 is 2.00 bits per heavy atom. The normalized spacial score (nSPS) is 18.6. The topological polar surface area (TPSA) is 46.3 Å². The Bertz CT molecular complexity index is 448. The van der Waals surface area contributed by atoms with Gasteiger partial charge in [-0.3, -0.25) is 4.79 Å². The van der Waals surface area contributed by atoms with Crippen molar-refractivity contribution >= 4 is 18.3 Å². The minimum absolute atomic E-state index is 0. The molecule has 0 spiro atoms. The van der Waals surface area contributed by atoms with Crippen LogP contribution in [0, 0.1) is 17.6 Å². The van der Waals surface area contributed by atoms with Crippen molar-refractivity contribution in [3.63, 3.8) is 0 Å². The molecule has 1 heterocycles. The number of halogens is 3. The summed E-state index contributed by atoms with van der Waals surface area (Å²) in [4.78, 5) is 13.7. The molecule has 2 rings (SSSR count). The number of rotatable bonds is 3. The van der Waals surface area contributed by atoms with Crippen LogP contribution in [0.25, 0.3) is 0 Å². The standard InChI is InChI=1S/C14H18F2N2O.ClH/c15-11-4-1-5-12(16)13(11)14(19)18-8-2-3-10(9-18)6-7-17;/h1,4-5,10H,2-3,6-9,17H2;1H. The predicted octanol–water partition coefficient (Wildman–Crippen LogP) is 2.59. The quantitative estimate of drug-likeness (QED) is 0.933. The SMILES string of the molecule is Cl.NCCC1CCCN(C(=O)c2c(F)cccc2F)C1. The van der Waals surface area contributed by atoms with Crippen LogP contribution in [-0.4, -0.2) is 30.4 Å². The third-order valence-corrected chi connectivity index (χ3v) is 3.56. The number of likely N-dealkylation sites (tertiary alicyclic amines) is 1. The Morgan fingerprint density at radius 1 is 1.35 bits per heavy atom. The lowest BCUT2D eigenvalue weighted by molar-refractivity contribution is 0.0659. The van der Waals surface area contributed by atoms with Crippen LogP contribution < -0.4 is 5.73 Å². The first-order valence-electron chi connectivity index (χ1n) is 6.57. The van der Waals surface area contributed by atoms with Gasteiger partial charge in [-0.1, -0.05) is 6.07 Å². The molecule has 1 aromatic rings. The maximum Gasteiger partial charge on any atom is 0.259 e. The minimum atomic E-state index is -0.800. The zero-order valence-electron chi connectivity index (χ0n) is 11.1. The molecule has 1 fully saturated rings. The van der Waals surface area contributed by atoms with E-state index in [0.717, 1.165) is 31.4 Å². The molecular formula is C14H19ClF2N2O. The molecule has 1 atom stereocenters. The van der Waals surface area contributed by atoms with Crippen LogP contribution in [0.1, 0.15) is 29.6 Å². The fourth-order valence-corrected chi connectivity index (χ4v) is 2.58. The summed E-state index contributed by atoms with van der Waals surface area (Å²) in [5.41, 5.74) is 5.07. The van der Waals surface area contributed by atoms with Gasteiger partial charge in [0.05, 0.1) is 0 Å². The Kier molecular flexibility index (Phi) is 6.36. The monoisotopic (exact) mass is 304 g/mol. The summed E-state index contributed by atoms with van der Waals surface area (Å²) < 4.78 is 27.2. The summed E-state index contributed by atoms with van der Waals surface area (Å²) in [5.74, 6) is -1.83. The molecule has 0 aliphatic carbocycles. The van der Waals surface area contributed by atoms with Crippen LogP contribution in [0.3, 0.4) is 0 Å². The number of hydrogen-bond acceptors (Lipinski definition) is 2. The van der Waals surface area contributed by atoms with Crippen molar-refractivity contribution in [1.82, 2.24) is 4.90 Å².